The van der Waals surface area contributed by atoms with Gasteiger partial charge >= 0.3 is 0 Å². The minimum Gasteiger partial charge on any atom is -0.492 e. The summed E-state index contributed by atoms with van der Waals surface area (Å²) >= 11 is 3.41. The van der Waals surface area contributed by atoms with Crippen LogP contribution >= 0.6 is 15.9 Å². The summed E-state index contributed by atoms with van der Waals surface area (Å²) in [7, 11) is 0. The Morgan fingerprint density at radius 1 is 1.42 bits per heavy atom. The van der Waals surface area contributed by atoms with Crippen LogP contribution in [0.15, 0.2) is 33.7 Å². The van der Waals surface area contributed by atoms with Crippen molar-refractivity contribution in [2.75, 3.05) is 19.7 Å². The highest BCUT2D eigenvalue weighted by Crippen LogP contribution is 2.17. The molecule has 0 spiro atoms. The van der Waals surface area contributed by atoms with Crippen molar-refractivity contribution in [2.24, 2.45) is 4.99 Å². The molecule has 0 radical (unpaired) electrons. The molecule has 0 saturated heterocycles. The van der Waals surface area contributed by atoms with Crippen LogP contribution in [0.4, 0.5) is 0 Å². The van der Waals surface area contributed by atoms with E-state index >= 15 is 0 Å². The lowest BCUT2D eigenvalue weighted by molar-refractivity contribution is 0.328. The first-order valence-corrected chi connectivity index (χ1v) is 7.34. The van der Waals surface area contributed by atoms with Crippen LogP contribution in [0.25, 0.3) is 0 Å². The third-order valence-corrected chi connectivity index (χ3v) is 2.69. The average Bonchev–Trinajstić information content (AvgIpc) is 2.34. The third kappa shape index (κ3) is 7.06. The normalized spacial score (nSPS) is 11.5. The number of benzene rings is 1. The first-order valence-electron chi connectivity index (χ1n) is 6.55. The van der Waals surface area contributed by atoms with Crippen molar-refractivity contribution >= 4 is 21.9 Å². The topological polar surface area (TPSA) is 45.7 Å². The second-order valence-corrected chi connectivity index (χ2v) is 5.28. The number of nitrogens with zero attached hydrogens (tertiary/aromatic N) is 1. The lowest BCUT2D eigenvalue weighted by atomic mass is 10.3. The van der Waals surface area contributed by atoms with E-state index in [4.69, 9.17) is 4.74 Å². The maximum Gasteiger partial charge on any atom is 0.191 e. The molecular weight excluding hydrogens is 306 g/mol. The van der Waals surface area contributed by atoms with Gasteiger partial charge in [-0.15, -0.1) is 0 Å². The van der Waals surface area contributed by atoms with Crippen LogP contribution in [0.1, 0.15) is 20.8 Å². The van der Waals surface area contributed by atoms with Crippen molar-refractivity contribution in [1.29, 1.82) is 0 Å². The zero-order valence-corrected chi connectivity index (χ0v) is 13.3. The van der Waals surface area contributed by atoms with Gasteiger partial charge in [-0.2, -0.15) is 0 Å². The number of aliphatic imine (C=N–C) groups is 1. The number of nitrogens with one attached hydrogen (secondary N) is 2. The summed E-state index contributed by atoms with van der Waals surface area (Å²) in [6.45, 7) is 8.26. The van der Waals surface area contributed by atoms with E-state index in [0.717, 1.165) is 22.7 Å². The Hall–Kier alpha value is -1.23. The zero-order chi connectivity index (χ0) is 14.1. The molecule has 1 rings (SSSR count). The van der Waals surface area contributed by atoms with Crippen molar-refractivity contribution in [3.63, 3.8) is 0 Å². The smallest absolute Gasteiger partial charge is 0.191 e. The highest BCUT2D eigenvalue weighted by atomic mass is 79.9. The molecular formula is C14H22BrN3O. The molecule has 0 aliphatic carbocycles. The molecule has 2 N–H and O–H groups in total. The molecule has 4 nitrogen and oxygen atoms in total. The van der Waals surface area contributed by atoms with E-state index in [1.165, 1.54) is 0 Å². The highest BCUT2D eigenvalue weighted by molar-refractivity contribution is 9.10. The second-order valence-electron chi connectivity index (χ2n) is 4.37. The van der Waals surface area contributed by atoms with Gasteiger partial charge in [0.2, 0.25) is 0 Å². The fourth-order valence-corrected chi connectivity index (χ4v) is 1.85. The van der Waals surface area contributed by atoms with Gasteiger partial charge in [-0.1, -0.05) is 22.0 Å². The lowest BCUT2D eigenvalue weighted by Gasteiger charge is -2.14. The molecule has 0 bridgehead atoms. The highest BCUT2D eigenvalue weighted by Gasteiger charge is 1.99. The van der Waals surface area contributed by atoms with Crippen LogP contribution in [0.2, 0.25) is 0 Å². The third-order valence-electron chi connectivity index (χ3n) is 2.20. The number of guanidine groups is 1. The summed E-state index contributed by atoms with van der Waals surface area (Å²) in [5.74, 6) is 1.68. The molecule has 0 fully saturated rings. The summed E-state index contributed by atoms with van der Waals surface area (Å²) in [6, 6.07) is 8.17. The standard InChI is InChI=1S/C14H22BrN3O/c1-4-16-14(18-11(2)3)17-8-9-19-13-7-5-6-12(15)10-13/h5-7,10-11H,4,8-9H2,1-3H3,(H2,16,17,18). The summed E-state index contributed by atoms with van der Waals surface area (Å²) in [4.78, 5) is 4.45. The zero-order valence-electron chi connectivity index (χ0n) is 11.7. The number of ether oxygens (including phenoxy) is 1. The summed E-state index contributed by atoms with van der Waals surface area (Å²) in [5.41, 5.74) is 0. The van der Waals surface area contributed by atoms with Crippen LogP contribution in [-0.2, 0) is 0 Å². The Morgan fingerprint density at radius 2 is 2.21 bits per heavy atom. The van der Waals surface area contributed by atoms with Crippen molar-refractivity contribution in [2.45, 2.75) is 26.8 Å². The van der Waals surface area contributed by atoms with Crippen molar-refractivity contribution in [3.8, 4) is 5.75 Å². The van der Waals surface area contributed by atoms with E-state index in [1.54, 1.807) is 0 Å². The summed E-state index contributed by atoms with van der Waals surface area (Å²) < 4.78 is 6.64. The van der Waals surface area contributed by atoms with E-state index in [9.17, 15) is 0 Å². The van der Waals surface area contributed by atoms with Gasteiger partial charge in [0.15, 0.2) is 5.96 Å². The molecule has 19 heavy (non-hydrogen) atoms. The van der Waals surface area contributed by atoms with Crippen molar-refractivity contribution < 1.29 is 4.74 Å². The molecule has 0 aliphatic rings. The largest absolute Gasteiger partial charge is 0.492 e. The van der Waals surface area contributed by atoms with Gasteiger partial charge in [-0.05, 0) is 39.0 Å². The minimum atomic E-state index is 0.365. The van der Waals surface area contributed by atoms with E-state index in [0.29, 0.717) is 19.2 Å². The fourth-order valence-electron chi connectivity index (χ4n) is 1.47. The molecule has 0 unspecified atom stereocenters. The first kappa shape index (κ1) is 15.8. The molecule has 0 atom stereocenters. The molecule has 106 valence electrons. The van der Waals surface area contributed by atoms with E-state index < -0.39 is 0 Å². The molecule has 0 heterocycles. The molecule has 0 aliphatic heterocycles. The Kier molecular flexibility index (Phi) is 7.33. The average molecular weight is 328 g/mol. The van der Waals surface area contributed by atoms with Gasteiger partial charge in [0.25, 0.3) is 0 Å². The molecule has 0 aromatic heterocycles. The van der Waals surface area contributed by atoms with Gasteiger partial charge < -0.3 is 15.4 Å². The lowest BCUT2D eigenvalue weighted by Crippen LogP contribution is -2.41. The minimum absolute atomic E-state index is 0.365. The van der Waals surface area contributed by atoms with Gasteiger partial charge in [-0.3, -0.25) is 0 Å². The Balaban J connectivity index is 2.38. The maximum absolute atomic E-state index is 5.63. The summed E-state index contributed by atoms with van der Waals surface area (Å²) in [6.07, 6.45) is 0. The van der Waals surface area contributed by atoms with Gasteiger partial charge in [0, 0.05) is 17.1 Å². The molecule has 1 aromatic rings. The van der Waals surface area contributed by atoms with Crippen LogP contribution in [-0.4, -0.2) is 31.7 Å². The van der Waals surface area contributed by atoms with Crippen molar-refractivity contribution in [3.05, 3.63) is 28.7 Å². The van der Waals surface area contributed by atoms with Gasteiger partial charge in [-0.25, -0.2) is 4.99 Å². The van der Waals surface area contributed by atoms with Crippen molar-refractivity contribution in [1.82, 2.24) is 10.6 Å². The molecule has 5 heteroatoms. The Labute approximate surface area is 123 Å². The number of hydrogen-bond acceptors (Lipinski definition) is 2. The van der Waals surface area contributed by atoms with E-state index in [1.807, 2.05) is 24.3 Å². The first-order chi connectivity index (χ1) is 9.11. The Bertz CT molecular complexity index is 407. The molecule has 0 saturated carbocycles. The van der Waals surface area contributed by atoms with E-state index in [-0.39, 0.29) is 0 Å². The second kappa shape index (κ2) is 8.80. The Morgan fingerprint density at radius 3 is 2.84 bits per heavy atom. The van der Waals surface area contributed by atoms with Crippen LogP contribution < -0.4 is 15.4 Å². The summed E-state index contributed by atoms with van der Waals surface area (Å²) in [5, 5.41) is 6.46. The molecule has 0 amide bonds. The van der Waals surface area contributed by atoms with Crippen LogP contribution in [0.5, 0.6) is 5.75 Å². The number of hydrogen-bond donors (Lipinski definition) is 2. The molecule has 1 aromatic carbocycles. The number of rotatable bonds is 6. The predicted octanol–water partition coefficient (Wildman–Crippen LogP) is 2.79. The maximum atomic E-state index is 5.63. The fraction of sp³-hybridized carbons (Fsp3) is 0.500. The van der Waals surface area contributed by atoms with Crippen LogP contribution in [0.3, 0.4) is 0 Å². The monoisotopic (exact) mass is 327 g/mol. The predicted molar refractivity (Wildman–Crippen MR) is 83.9 cm³/mol. The van der Waals surface area contributed by atoms with Gasteiger partial charge in [0.1, 0.15) is 12.4 Å². The van der Waals surface area contributed by atoms with Crippen LogP contribution in [0, 0.1) is 0 Å². The van der Waals surface area contributed by atoms with E-state index in [2.05, 4.69) is 52.3 Å². The van der Waals surface area contributed by atoms with Gasteiger partial charge in [0.05, 0.1) is 6.54 Å². The SMILES string of the molecule is CCNC(=NCCOc1cccc(Br)c1)NC(C)C. The number of halogens is 1. The quantitative estimate of drug-likeness (QED) is 0.480.